The SMILES string of the molecule is CCCN(CCc1ccccc1)CCC(CCNC)CCN(C)CCN(CCNC)Cc1ccccc1. The summed E-state index contributed by atoms with van der Waals surface area (Å²) >= 11 is 0. The lowest BCUT2D eigenvalue weighted by molar-refractivity contribution is 0.203. The fourth-order valence-corrected chi connectivity index (χ4v) is 4.94. The molecule has 0 bridgehead atoms. The highest BCUT2D eigenvalue weighted by Gasteiger charge is 2.14. The smallest absolute Gasteiger partial charge is 0.0234 e. The minimum Gasteiger partial charge on any atom is -0.320 e. The first-order valence-corrected chi connectivity index (χ1v) is 14.6. The van der Waals surface area contributed by atoms with Crippen molar-refractivity contribution in [2.24, 2.45) is 5.92 Å². The Balaban J connectivity index is 1.79. The highest BCUT2D eigenvalue weighted by atomic mass is 15.2. The number of nitrogens with one attached hydrogen (secondary N) is 2. The van der Waals surface area contributed by atoms with E-state index in [-0.39, 0.29) is 0 Å². The molecule has 0 aromatic heterocycles. The largest absolute Gasteiger partial charge is 0.320 e. The van der Waals surface area contributed by atoms with Gasteiger partial charge in [0, 0.05) is 39.3 Å². The van der Waals surface area contributed by atoms with E-state index in [1.165, 1.54) is 63.0 Å². The highest BCUT2D eigenvalue weighted by molar-refractivity contribution is 5.15. The maximum atomic E-state index is 3.39. The standard InChI is InChI=1S/C32H55N5/c1-5-22-36(24-18-30-12-8-6-9-13-30)25-19-31(16-20-33-2)17-23-35(4)27-28-37(26-21-34-3)29-32-14-10-7-11-15-32/h6-15,31,33-34H,5,16-29H2,1-4H3. The topological polar surface area (TPSA) is 33.8 Å². The van der Waals surface area contributed by atoms with Crippen LogP contribution in [-0.2, 0) is 13.0 Å². The van der Waals surface area contributed by atoms with Crippen molar-refractivity contribution in [2.45, 2.75) is 45.6 Å². The first-order chi connectivity index (χ1) is 18.1. The van der Waals surface area contributed by atoms with Gasteiger partial charge >= 0.3 is 0 Å². The second-order valence-corrected chi connectivity index (χ2v) is 10.6. The summed E-state index contributed by atoms with van der Waals surface area (Å²) in [5.74, 6) is 0.774. The number of benzene rings is 2. The predicted octanol–water partition coefficient (Wildman–Crippen LogP) is 4.60. The van der Waals surface area contributed by atoms with Crippen molar-refractivity contribution in [1.82, 2.24) is 25.3 Å². The van der Waals surface area contributed by atoms with Crippen molar-refractivity contribution in [3.05, 3.63) is 71.8 Å². The van der Waals surface area contributed by atoms with Crippen molar-refractivity contribution in [2.75, 3.05) is 80.0 Å². The molecule has 5 nitrogen and oxygen atoms in total. The van der Waals surface area contributed by atoms with Crippen LogP contribution >= 0.6 is 0 Å². The van der Waals surface area contributed by atoms with E-state index in [0.29, 0.717) is 0 Å². The molecule has 208 valence electrons. The Kier molecular flexibility index (Phi) is 17.2. The molecule has 0 aliphatic carbocycles. The molecule has 2 aromatic carbocycles. The molecule has 0 aliphatic heterocycles. The van der Waals surface area contributed by atoms with Gasteiger partial charge in [-0.3, -0.25) is 4.90 Å². The van der Waals surface area contributed by atoms with Gasteiger partial charge in [0.1, 0.15) is 0 Å². The average Bonchev–Trinajstić information content (AvgIpc) is 2.93. The van der Waals surface area contributed by atoms with Crippen LogP contribution in [0.4, 0.5) is 0 Å². The summed E-state index contributed by atoms with van der Waals surface area (Å²) in [7, 11) is 6.43. The van der Waals surface area contributed by atoms with Crippen molar-refractivity contribution < 1.29 is 0 Å². The van der Waals surface area contributed by atoms with Crippen LogP contribution in [0, 0.1) is 5.92 Å². The summed E-state index contributed by atoms with van der Waals surface area (Å²) in [5, 5.41) is 6.70. The van der Waals surface area contributed by atoms with Gasteiger partial charge in [-0.25, -0.2) is 0 Å². The minimum absolute atomic E-state index is 0.774. The molecule has 0 heterocycles. The van der Waals surface area contributed by atoms with E-state index >= 15 is 0 Å². The molecule has 0 aliphatic rings. The van der Waals surface area contributed by atoms with Crippen molar-refractivity contribution in [3.63, 3.8) is 0 Å². The number of nitrogens with zero attached hydrogens (tertiary/aromatic N) is 3. The molecule has 0 amide bonds. The first kappa shape index (κ1) is 31.5. The van der Waals surface area contributed by atoms with Crippen LogP contribution in [0.5, 0.6) is 0 Å². The van der Waals surface area contributed by atoms with E-state index in [0.717, 1.165) is 51.6 Å². The number of rotatable bonds is 22. The van der Waals surface area contributed by atoms with Gasteiger partial charge in [-0.1, -0.05) is 67.6 Å². The van der Waals surface area contributed by atoms with Crippen LogP contribution in [0.3, 0.4) is 0 Å². The van der Waals surface area contributed by atoms with Crippen LogP contribution < -0.4 is 10.6 Å². The quantitative estimate of drug-likeness (QED) is 0.242. The zero-order valence-corrected chi connectivity index (χ0v) is 24.3. The van der Waals surface area contributed by atoms with E-state index in [2.05, 4.69) is 107 Å². The summed E-state index contributed by atoms with van der Waals surface area (Å²) in [5.41, 5.74) is 2.85. The predicted molar refractivity (Wildman–Crippen MR) is 161 cm³/mol. The van der Waals surface area contributed by atoms with Gasteiger partial charge in [-0.15, -0.1) is 0 Å². The monoisotopic (exact) mass is 509 g/mol. The Bertz CT molecular complexity index is 769. The summed E-state index contributed by atoms with van der Waals surface area (Å²) in [6, 6.07) is 21.8. The summed E-state index contributed by atoms with van der Waals surface area (Å²) in [6.45, 7) is 13.5. The van der Waals surface area contributed by atoms with Gasteiger partial charge in [0.15, 0.2) is 0 Å². The summed E-state index contributed by atoms with van der Waals surface area (Å²) in [6.07, 6.45) is 6.23. The molecule has 1 unspecified atom stereocenters. The van der Waals surface area contributed by atoms with E-state index in [1.807, 2.05) is 7.05 Å². The molecule has 5 heteroatoms. The lowest BCUT2D eigenvalue weighted by Gasteiger charge is -2.28. The lowest BCUT2D eigenvalue weighted by atomic mass is 9.96. The zero-order valence-electron chi connectivity index (χ0n) is 24.3. The van der Waals surface area contributed by atoms with Crippen molar-refractivity contribution in [1.29, 1.82) is 0 Å². The number of hydrogen-bond donors (Lipinski definition) is 2. The Labute approximate surface area is 228 Å². The van der Waals surface area contributed by atoms with Gasteiger partial charge in [0.05, 0.1) is 0 Å². The first-order valence-electron chi connectivity index (χ1n) is 14.6. The van der Waals surface area contributed by atoms with Gasteiger partial charge in [0.2, 0.25) is 0 Å². The van der Waals surface area contributed by atoms with E-state index in [1.54, 1.807) is 0 Å². The van der Waals surface area contributed by atoms with Gasteiger partial charge in [0.25, 0.3) is 0 Å². The highest BCUT2D eigenvalue weighted by Crippen LogP contribution is 2.16. The fourth-order valence-electron chi connectivity index (χ4n) is 4.94. The molecule has 0 radical (unpaired) electrons. The third-order valence-corrected chi connectivity index (χ3v) is 7.40. The van der Waals surface area contributed by atoms with Crippen molar-refractivity contribution >= 4 is 0 Å². The van der Waals surface area contributed by atoms with Crippen LogP contribution in [0.15, 0.2) is 60.7 Å². The Morgan fingerprint density at radius 3 is 1.92 bits per heavy atom. The minimum atomic E-state index is 0.774. The normalized spacial score (nSPS) is 12.6. The molecule has 0 saturated heterocycles. The molecule has 0 saturated carbocycles. The average molecular weight is 510 g/mol. The lowest BCUT2D eigenvalue weighted by Crippen LogP contribution is -2.37. The Morgan fingerprint density at radius 2 is 1.27 bits per heavy atom. The zero-order chi connectivity index (χ0) is 26.6. The third kappa shape index (κ3) is 14.7. The van der Waals surface area contributed by atoms with Crippen LogP contribution in [0.2, 0.25) is 0 Å². The molecule has 2 N–H and O–H groups in total. The maximum Gasteiger partial charge on any atom is 0.0234 e. The molecule has 37 heavy (non-hydrogen) atoms. The summed E-state index contributed by atoms with van der Waals surface area (Å²) < 4.78 is 0. The van der Waals surface area contributed by atoms with Gasteiger partial charge in [-0.2, -0.15) is 0 Å². The van der Waals surface area contributed by atoms with E-state index in [4.69, 9.17) is 0 Å². The Morgan fingerprint density at radius 1 is 0.622 bits per heavy atom. The van der Waals surface area contributed by atoms with Crippen LogP contribution in [-0.4, -0.2) is 94.7 Å². The molecule has 2 aromatic rings. The maximum absolute atomic E-state index is 3.39. The molecule has 0 spiro atoms. The molecular formula is C32H55N5. The second-order valence-electron chi connectivity index (χ2n) is 10.6. The number of likely N-dealkylation sites (N-methyl/N-ethyl adjacent to an activating group) is 2. The molecule has 1 atom stereocenters. The van der Waals surface area contributed by atoms with E-state index < -0.39 is 0 Å². The Hall–Kier alpha value is -1.76. The molecular weight excluding hydrogens is 454 g/mol. The second kappa shape index (κ2) is 20.2. The van der Waals surface area contributed by atoms with Crippen LogP contribution in [0.25, 0.3) is 0 Å². The van der Waals surface area contributed by atoms with Crippen molar-refractivity contribution in [3.8, 4) is 0 Å². The molecule has 0 fully saturated rings. The van der Waals surface area contributed by atoms with E-state index in [9.17, 15) is 0 Å². The number of hydrogen-bond acceptors (Lipinski definition) is 5. The fraction of sp³-hybridized carbons (Fsp3) is 0.625. The van der Waals surface area contributed by atoms with Crippen LogP contribution in [0.1, 0.15) is 43.7 Å². The van der Waals surface area contributed by atoms with Gasteiger partial charge < -0.3 is 20.4 Å². The molecule has 2 rings (SSSR count). The van der Waals surface area contributed by atoms with Gasteiger partial charge in [-0.05, 0) is 96.5 Å². The third-order valence-electron chi connectivity index (χ3n) is 7.40. The summed E-state index contributed by atoms with van der Waals surface area (Å²) in [4.78, 5) is 7.81.